The van der Waals surface area contributed by atoms with Crippen molar-refractivity contribution in [3.8, 4) is 0 Å². The lowest BCUT2D eigenvalue weighted by Crippen LogP contribution is -2.68. The summed E-state index contributed by atoms with van der Waals surface area (Å²) in [7, 11) is -2.82. The first-order valence-electron chi connectivity index (χ1n) is 11.1. The van der Waals surface area contributed by atoms with Gasteiger partial charge in [0, 0.05) is 0 Å². The summed E-state index contributed by atoms with van der Waals surface area (Å²) in [5.74, 6) is -0.835. The summed E-state index contributed by atoms with van der Waals surface area (Å²) in [5.41, 5.74) is -1.46. The van der Waals surface area contributed by atoms with E-state index in [1.807, 2.05) is 50.2 Å². The van der Waals surface area contributed by atoms with E-state index in [2.05, 4.69) is 58.2 Å². The average Bonchev–Trinajstić information content (AvgIpc) is 3.10. The van der Waals surface area contributed by atoms with Crippen LogP contribution in [0.5, 0.6) is 0 Å². The molecule has 0 unspecified atom stereocenters. The van der Waals surface area contributed by atoms with E-state index in [4.69, 9.17) is 13.9 Å². The molecule has 0 amide bonds. The molecule has 1 aliphatic heterocycles. The first-order valence-corrected chi connectivity index (χ1v) is 13.0. The number of hydrogen-bond donors (Lipinski definition) is 1. The molecule has 2 aromatic rings. The fourth-order valence-electron chi connectivity index (χ4n) is 4.59. The van der Waals surface area contributed by atoms with E-state index in [0.29, 0.717) is 0 Å². The smallest absolute Gasteiger partial charge is 0.261 e. The third kappa shape index (κ3) is 4.54. The van der Waals surface area contributed by atoms with Crippen LogP contribution in [0.25, 0.3) is 0 Å². The Morgan fingerprint density at radius 3 is 1.88 bits per heavy atom. The zero-order valence-corrected chi connectivity index (χ0v) is 20.9. The molecule has 172 valence electrons. The predicted molar refractivity (Wildman–Crippen MR) is 133 cm³/mol. The van der Waals surface area contributed by atoms with Gasteiger partial charge in [-0.15, -0.1) is 13.2 Å². The van der Waals surface area contributed by atoms with Gasteiger partial charge in [0.25, 0.3) is 8.32 Å². The van der Waals surface area contributed by atoms with E-state index >= 15 is 0 Å². The lowest BCUT2D eigenvalue weighted by atomic mass is 9.93. The topological polar surface area (TPSA) is 47.9 Å². The molecule has 0 bridgehead atoms. The maximum atomic E-state index is 11.7. The predicted octanol–water partition coefficient (Wildman–Crippen LogP) is 4.19. The van der Waals surface area contributed by atoms with Crippen molar-refractivity contribution in [1.29, 1.82) is 0 Å². The first kappa shape index (κ1) is 24.6. The highest BCUT2D eigenvalue weighted by Crippen LogP contribution is 2.40. The van der Waals surface area contributed by atoms with E-state index in [1.54, 1.807) is 6.08 Å². The van der Waals surface area contributed by atoms with Gasteiger partial charge in [-0.2, -0.15) is 0 Å². The van der Waals surface area contributed by atoms with Crippen LogP contribution in [-0.2, 0) is 13.9 Å². The highest BCUT2D eigenvalue weighted by molar-refractivity contribution is 6.99. The van der Waals surface area contributed by atoms with Crippen LogP contribution in [0.4, 0.5) is 0 Å². The molecular weight excluding hydrogens is 416 g/mol. The Labute approximate surface area is 193 Å². The van der Waals surface area contributed by atoms with Crippen LogP contribution in [0.1, 0.15) is 34.6 Å². The van der Waals surface area contributed by atoms with Gasteiger partial charge in [0.2, 0.25) is 0 Å². The molecule has 2 aromatic carbocycles. The number of benzene rings is 2. The SMILES string of the molecule is C=C[C@@H]1OC(C)(C)O[C@@H]1[C@@](O)(C=C)CO[Si](c1ccccc1)(c1ccccc1)C(C)(C)C. The molecular formula is C27H36O4Si. The minimum absolute atomic E-state index is 0.0260. The van der Waals surface area contributed by atoms with Gasteiger partial charge < -0.3 is 19.0 Å². The Morgan fingerprint density at radius 1 is 0.969 bits per heavy atom. The average molecular weight is 453 g/mol. The van der Waals surface area contributed by atoms with Gasteiger partial charge in [-0.05, 0) is 29.3 Å². The summed E-state index contributed by atoms with van der Waals surface area (Å²) in [4.78, 5) is 0. The molecule has 0 spiro atoms. The molecule has 0 aromatic heterocycles. The number of ether oxygens (including phenoxy) is 2. The minimum atomic E-state index is -2.82. The molecule has 1 heterocycles. The zero-order chi connectivity index (χ0) is 23.6. The van der Waals surface area contributed by atoms with E-state index in [9.17, 15) is 5.11 Å². The molecule has 5 heteroatoms. The fraction of sp³-hybridized carbons (Fsp3) is 0.407. The van der Waals surface area contributed by atoms with Crippen LogP contribution in [-0.4, -0.2) is 43.6 Å². The molecule has 1 aliphatic rings. The van der Waals surface area contributed by atoms with E-state index < -0.39 is 31.9 Å². The number of aliphatic hydroxyl groups is 1. The third-order valence-electron chi connectivity index (χ3n) is 6.14. The van der Waals surface area contributed by atoms with Gasteiger partial charge in [0.1, 0.15) is 17.8 Å². The van der Waals surface area contributed by atoms with Crippen LogP contribution in [0.3, 0.4) is 0 Å². The van der Waals surface area contributed by atoms with Gasteiger partial charge in [-0.3, -0.25) is 0 Å². The molecule has 0 saturated carbocycles. The van der Waals surface area contributed by atoms with Gasteiger partial charge in [0.15, 0.2) is 5.79 Å². The second-order valence-corrected chi connectivity index (χ2v) is 14.2. The molecule has 3 rings (SSSR count). The Hall–Kier alpha value is -2.02. The maximum absolute atomic E-state index is 11.7. The van der Waals surface area contributed by atoms with Crippen molar-refractivity contribution in [3.05, 3.63) is 86.0 Å². The summed E-state index contributed by atoms with van der Waals surface area (Å²) < 4.78 is 19.0. The second-order valence-electron chi connectivity index (χ2n) is 9.90. The maximum Gasteiger partial charge on any atom is 0.261 e. The quantitative estimate of drug-likeness (QED) is 0.482. The lowest BCUT2D eigenvalue weighted by Gasteiger charge is -2.45. The van der Waals surface area contributed by atoms with Crippen molar-refractivity contribution < 1.29 is 19.0 Å². The van der Waals surface area contributed by atoms with E-state index in [-0.39, 0.29) is 11.6 Å². The normalized spacial score (nSPS) is 22.8. The largest absolute Gasteiger partial charge is 0.404 e. The molecule has 1 N–H and O–H groups in total. The Bertz CT molecular complexity index is 880. The van der Waals surface area contributed by atoms with Crippen LogP contribution < -0.4 is 10.4 Å². The molecule has 0 radical (unpaired) electrons. The van der Waals surface area contributed by atoms with E-state index in [0.717, 1.165) is 10.4 Å². The molecule has 32 heavy (non-hydrogen) atoms. The monoisotopic (exact) mass is 452 g/mol. The van der Waals surface area contributed by atoms with Gasteiger partial charge in [-0.25, -0.2) is 0 Å². The van der Waals surface area contributed by atoms with Crippen molar-refractivity contribution in [1.82, 2.24) is 0 Å². The number of rotatable bonds is 8. The molecule has 3 atom stereocenters. The first-order chi connectivity index (χ1) is 15.0. The summed E-state index contributed by atoms with van der Waals surface area (Å²) in [6.45, 7) is 18.1. The van der Waals surface area contributed by atoms with Crippen molar-refractivity contribution in [2.45, 2.75) is 63.3 Å². The summed E-state index contributed by atoms with van der Waals surface area (Å²) in [5, 5.41) is 13.8. The Balaban J connectivity index is 2.07. The highest BCUT2D eigenvalue weighted by Gasteiger charge is 2.54. The van der Waals surface area contributed by atoms with Crippen LogP contribution in [0, 0.1) is 0 Å². The molecule has 1 fully saturated rings. The van der Waals surface area contributed by atoms with Crippen molar-refractivity contribution in [3.63, 3.8) is 0 Å². The minimum Gasteiger partial charge on any atom is -0.404 e. The lowest BCUT2D eigenvalue weighted by molar-refractivity contribution is -0.166. The van der Waals surface area contributed by atoms with Crippen molar-refractivity contribution in [2.75, 3.05) is 6.61 Å². The van der Waals surface area contributed by atoms with Crippen molar-refractivity contribution in [2.24, 2.45) is 0 Å². The Morgan fingerprint density at radius 2 is 1.47 bits per heavy atom. The van der Waals surface area contributed by atoms with Crippen LogP contribution in [0.2, 0.25) is 5.04 Å². The summed E-state index contributed by atoms with van der Waals surface area (Å²) in [6.07, 6.45) is 2.02. The fourth-order valence-corrected chi connectivity index (χ4v) is 9.19. The van der Waals surface area contributed by atoms with Gasteiger partial charge >= 0.3 is 0 Å². The standard InChI is InChI=1S/C27H36O4Si/c1-8-23-24(31-26(6,7)30-23)27(28,9-2)20-29-32(25(3,4)5,21-16-12-10-13-17-21)22-18-14-11-15-19-22/h8-19,23-24,28H,1-2,20H2,3-7H3/t23-,24-,27+/m0/s1. The summed E-state index contributed by atoms with van der Waals surface area (Å²) in [6, 6.07) is 20.7. The molecule has 0 aliphatic carbocycles. The van der Waals surface area contributed by atoms with E-state index in [1.165, 1.54) is 6.08 Å². The molecule has 4 nitrogen and oxygen atoms in total. The van der Waals surface area contributed by atoms with Gasteiger partial charge in [0.05, 0.1) is 6.61 Å². The summed E-state index contributed by atoms with van der Waals surface area (Å²) >= 11 is 0. The second kappa shape index (κ2) is 9.08. The highest BCUT2D eigenvalue weighted by atomic mass is 28.4. The third-order valence-corrected chi connectivity index (χ3v) is 11.1. The van der Waals surface area contributed by atoms with Crippen LogP contribution >= 0.6 is 0 Å². The number of hydrogen-bond acceptors (Lipinski definition) is 4. The Kier molecular flexibility index (Phi) is 6.99. The van der Waals surface area contributed by atoms with Gasteiger partial charge in [-0.1, -0.05) is 93.6 Å². The van der Waals surface area contributed by atoms with Crippen LogP contribution in [0.15, 0.2) is 86.0 Å². The zero-order valence-electron chi connectivity index (χ0n) is 19.9. The van der Waals surface area contributed by atoms with Crippen molar-refractivity contribution >= 4 is 18.7 Å². The molecule has 1 saturated heterocycles.